The zero-order chi connectivity index (χ0) is 29.0. The van der Waals surface area contributed by atoms with Crippen molar-refractivity contribution in [2.24, 2.45) is 5.92 Å². The summed E-state index contributed by atoms with van der Waals surface area (Å²) in [7, 11) is 0. The van der Waals surface area contributed by atoms with E-state index in [0.29, 0.717) is 16.8 Å². The van der Waals surface area contributed by atoms with E-state index in [1.807, 2.05) is 102 Å². The summed E-state index contributed by atoms with van der Waals surface area (Å²) in [6.07, 6.45) is 5.95. The van der Waals surface area contributed by atoms with Gasteiger partial charge in [-0.15, -0.1) is 0 Å². The fraction of sp³-hybridized carbons (Fsp3) is 0.194. The van der Waals surface area contributed by atoms with Gasteiger partial charge in [-0.25, -0.2) is 0 Å². The predicted molar refractivity (Wildman–Crippen MR) is 169 cm³/mol. The van der Waals surface area contributed by atoms with Crippen molar-refractivity contribution in [3.8, 4) is 0 Å². The van der Waals surface area contributed by atoms with Crippen LogP contribution in [-0.4, -0.2) is 29.6 Å². The van der Waals surface area contributed by atoms with Gasteiger partial charge in [0, 0.05) is 27.0 Å². The van der Waals surface area contributed by atoms with E-state index in [2.05, 4.69) is 28.2 Å². The van der Waals surface area contributed by atoms with Crippen LogP contribution < -0.4 is 10.2 Å². The van der Waals surface area contributed by atoms with Crippen molar-refractivity contribution < 1.29 is 14.4 Å². The summed E-state index contributed by atoms with van der Waals surface area (Å²) in [5.74, 6) is -1.63. The van der Waals surface area contributed by atoms with Crippen molar-refractivity contribution in [3.63, 3.8) is 0 Å². The smallest absolute Gasteiger partial charge is 0.238 e. The van der Waals surface area contributed by atoms with Gasteiger partial charge >= 0.3 is 0 Å². The van der Waals surface area contributed by atoms with Crippen LogP contribution >= 0.6 is 15.9 Å². The van der Waals surface area contributed by atoms with Crippen LogP contribution in [0.25, 0.3) is 6.08 Å². The molecular formula is C36H29BrN2O3. The number of ketones is 2. The fourth-order valence-electron chi connectivity index (χ4n) is 7.21. The number of hydrogen-bond donors (Lipinski definition) is 1. The van der Waals surface area contributed by atoms with E-state index in [-0.39, 0.29) is 17.5 Å². The highest BCUT2D eigenvalue weighted by atomic mass is 79.9. The third-order valence-electron chi connectivity index (χ3n) is 9.00. The van der Waals surface area contributed by atoms with Gasteiger partial charge in [-0.2, -0.15) is 0 Å². The third-order valence-corrected chi connectivity index (χ3v) is 9.53. The molecule has 5 nitrogen and oxygen atoms in total. The highest BCUT2D eigenvalue weighted by Gasteiger charge is 2.70. The number of hydrogen-bond acceptors (Lipinski definition) is 4. The Balaban J connectivity index is 1.49. The molecule has 7 rings (SSSR count). The van der Waals surface area contributed by atoms with Gasteiger partial charge in [-0.05, 0) is 47.4 Å². The van der Waals surface area contributed by atoms with Crippen LogP contribution in [0.1, 0.15) is 50.8 Å². The lowest BCUT2D eigenvalue weighted by Gasteiger charge is -2.37. The van der Waals surface area contributed by atoms with Crippen LogP contribution in [0.3, 0.4) is 0 Å². The average molecular weight is 618 g/mol. The van der Waals surface area contributed by atoms with Crippen molar-refractivity contribution in [3.05, 3.63) is 135 Å². The Kier molecular flexibility index (Phi) is 6.47. The highest BCUT2D eigenvalue weighted by molar-refractivity contribution is 9.10. The Bertz CT molecular complexity index is 1760. The van der Waals surface area contributed by atoms with Gasteiger partial charge in [0.15, 0.2) is 11.6 Å². The number of nitrogens with one attached hydrogen (secondary N) is 1. The number of carbonyl (C=O) groups is 3. The molecule has 0 aromatic heterocycles. The monoisotopic (exact) mass is 616 g/mol. The molecular weight excluding hydrogens is 588 g/mol. The van der Waals surface area contributed by atoms with E-state index in [0.717, 1.165) is 39.7 Å². The maximum atomic E-state index is 14.8. The molecule has 0 radical (unpaired) electrons. The van der Waals surface area contributed by atoms with Crippen molar-refractivity contribution in [1.29, 1.82) is 0 Å². The first-order valence-electron chi connectivity index (χ1n) is 14.3. The first-order chi connectivity index (χ1) is 20.4. The lowest BCUT2D eigenvalue weighted by Crippen LogP contribution is -2.51. The van der Waals surface area contributed by atoms with Gasteiger partial charge in [0.2, 0.25) is 5.91 Å². The number of fused-ring (bicyclic) bond motifs is 6. The highest BCUT2D eigenvalue weighted by Crippen LogP contribution is 2.58. The number of para-hydroxylation sites is 2. The normalized spacial score (nSPS) is 23.3. The van der Waals surface area contributed by atoms with Gasteiger partial charge in [0.1, 0.15) is 11.5 Å². The summed E-state index contributed by atoms with van der Waals surface area (Å²) in [6.45, 7) is 2.13. The van der Waals surface area contributed by atoms with E-state index >= 15 is 0 Å². The summed E-state index contributed by atoms with van der Waals surface area (Å²) in [5.41, 5.74) is 4.06. The minimum absolute atomic E-state index is 0.169. The fourth-order valence-corrected chi connectivity index (χ4v) is 7.47. The number of aryl methyl sites for hydroxylation is 1. The van der Waals surface area contributed by atoms with Crippen molar-refractivity contribution in [2.45, 2.75) is 37.3 Å². The molecule has 3 aliphatic rings. The maximum Gasteiger partial charge on any atom is 0.238 e. The molecule has 208 valence electrons. The minimum atomic E-state index is -1.31. The molecule has 1 amide bonds. The number of halogens is 1. The van der Waals surface area contributed by atoms with Crippen LogP contribution in [0.2, 0.25) is 0 Å². The summed E-state index contributed by atoms with van der Waals surface area (Å²) in [4.78, 5) is 46.0. The quantitative estimate of drug-likeness (QED) is 0.232. The van der Waals surface area contributed by atoms with Crippen molar-refractivity contribution >= 4 is 50.9 Å². The topological polar surface area (TPSA) is 66.5 Å². The lowest BCUT2D eigenvalue weighted by molar-refractivity contribution is -0.121. The van der Waals surface area contributed by atoms with Crippen LogP contribution in [0, 0.1) is 5.92 Å². The van der Waals surface area contributed by atoms with Crippen molar-refractivity contribution in [2.75, 3.05) is 10.2 Å². The molecule has 1 saturated heterocycles. The predicted octanol–water partition coefficient (Wildman–Crippen LogP) is 7.26. The zero-order valence-electron chi connectivity index (χ0n) is 23.1. The van der Waals surface area contributed by atoms with Gasteiger partial charge in [0.25, 0.3) is 0 Å². The SMILES string of the molecule is CCCc1ccc(C(=O)[C@@H]2[C@@H](C(=O)c3ccc(Br)cc3)[C@]3(C(=O)Nc4ccccc43)[C@H]3C=Cc4ccccc4N23)cc1. The Labute approximate surface area is 253 Å². The molecule has 1 N–H and O–H groups in total. The molecule has 42 heavy (non-hydrogen) atoms. The average Bonchev–Trinajstić information content (AvgIpc) is 3.50. The Hall–Kier alpha value is -4.29. The number of nitrogens with zero attached hydrogens (tertiary/aromatic N) is 1. The molecule has 0 bridgehead atoms. The standard InChI is InChI=1S/C36H29BrN2O3/c1-2-7-22-12-14-25(15-13-22)34(41)32-31(33(40)24-16-19-26(37)20-17-24)36(27-9-4-5-10-28(27)38-35(36)42)30-21-18-23-8-3-6-11-29(23)39(30)32/h3-6,8-21,30-32H,2,7H2,1H3,(H,38,42)/t30-,31+,32+,36-/m1/s1. The summed E-state index contributed by atoms with van der Waals surface area (Å²) < 4.78 is 0.846. The van der Waals surface area contributed by atoms with Crippen LogP contribution in [0.15, 0.2) is 108 Å². The molecule has 4 atom stereocenters. The van der Waals surface area contributed by atoms with E-state index in [1.165, 1.54) is 0 Å². The Morgan fingerprint density at radius 3 is 2.29 bits per heavy atom. The lowest BCUT2D eigenvalue weighted by atomic mass is 9.64. The molecule has 0 unspecified atom stereocenters. The van der Waals surface area contributed by atoms with Crippen LogP contribution in [0.4, 0.5) is 11.4 Å². The summed E-state index contributed by atoms with van der Waals surface area (Å²) in [6, 6.07) is 28.9. The number of benzene rings is 4. The molecule has 0 saturated carbocycles. The zero-order valence-corrected chi connectivity index (χ0v) is 24.7. The number of rotatable bonds is 6. The van der Waals surface area contributed by atoms with Gasteiger partial charge in [-0.3, -0.25) is 14.4 Å². The number of amides is 1. The van der Waals surface area contributed by atoms with Crippen LogP contribution in [-0.2, 0) is 16.6 Å². The number of carbonyl (C=O) groups excluding carboxylic acids is 3. The largest absolute Gasteiger partial charge is 0.352 e. The molecule has 6 heteroatoms. The summed E-state index contributed by atoms with van der Waals surface area (Å²) in [5, 5.41) is 3.08. The van der Waals surface area contributed by atoms with Crippen LogP contribution in [0.5, 0.6) is 0 Å². The molecule has 4 aromatic carbocycles. The molecule has 4 aromatic rings. The number of Topliss-reactive ketones (excluding diaryl/α,β-unsaturated/α-hetero) is 2. The second-order valence-electron chi connectivity index (χ2n) is 11.2. The second kappa shape index (κ2) is 10.2. The van der Waals surface area contributed by atoms with E-state index in [1.54, 1.807) is 12.1 Å². The Morgan fingerprint density at radius 2 is 1.52 bits per heavy atom. The Morgan fingerprint density at radius 1 is 0.857 bits per heavy atom. The van der Waals surface area contributed by atoms with Gasteiger partial charge in [0.05, 0.1) is 12.0 Å². The maximum absolute atomic E-state index is 14.8. The summed E-state index contributed by atoms with van der Waals surface area (Å²) >= 11 is 3.47. The third kappa shape index (κ3) is 3.85. The number of anilines is 2. The van der Waals surface area contributed by atoms with E-state index < -0.39 is 23.4 Å². The molecule has 1 spiro atoms. The van der Waals surface area contributed by atoms with E-state index in [4.69, 9.17) is 0 Å². The van der Waals surface area contributed by atoms with E-state index in [9.17, 15) is 14.4 Å². The van der Waals surface area contributed by atoms with Gasteiger partial charge < -0.3 is 10.2 Å². The van der Waals surface area contributed by atoms with Crippen molar-refractivity contribution in [1.82, 2.24) is 0 Å². The first kappa shape index (κ1) is 26.6. The molecule has 3 heterocycles. The second-order valence-corrected chi connectivity index (χ2v) is 12.2. The minimum Gasteiger partial charge on any atom is -0.352 e. The molecule has 3 aliphatic heterocycles. The molecule has 0 aliphatic carbocycles. The molecule has 1 fully saturated rings. The first-order valence-corrected chi connectivity index (χ1v) is 15.1. The van der Waals surface area contributed by atoms with Gasteiger partial charge in [-0.1, -0.05) is 114 Å².